The van der Waals surface area contributed by atoms with Crippen LogP contribution in [-0.4, -0.2) is 48.5 Å². The fourth-order valence-corrected chi connectivity index (χ4v) is 2.14. The zero-order valence-corrected chi connectivity index (χ0v) is 9.90. The van der Waals surface area contributed by atoms with Gasteiger partial charge in [0.2, 0.25) is 5.91 Å². The third-order valence-corrected chi connectivity index (χ3v) is 3.23. The van der Waals surface area contributed by atoms with Gasteiger partial charge in [-0.1, -0.05) is 6.92 Å². The lowest BCUT2D eigenvalue weighted by atomic mass is 10.1. The number of nitrogens with zero attached hydrogens (tertiary/aromatic N) is 1. The number of hydrogen-bond acceptors (Lipinski definition) is 3. The van der Waals surface area contributed by atoms with Crippen LogP contribution in [0.2, 0.25) is 0 Å². The second kappa shape index (κ2) is 6.30. The Morgan fingerprint density at radius 3 is 2.64 bits per heavy atom. The van der Waals surface area contributed by atoms with Gasteiger partial charge >= 0.3 is 0 Å². The van der Waals surface area contributed by atoms with Crippen LogP contribution in [0, 0.1) is 0 Å². The first-order chi connectivity index (χ1) is 6.76. The third kappa shape index (κ3) is 3.88. The summed E-state index contributed by atoms with van der Waals surface area (Å²) in [5, 5.41) is 3.08. The summed E-state index contributed by atoms with van der Waals surface area (Å²) in [5.74, 6) is 0.779. The molecule has 0 spiro atoms. The Morgan fingerprint density at radius 2 is 2.14 bits per heavy atom. The molecule has 1 aliphatic rings. The SMILES string of the molecule is CCN1CCC(NC(=O)CSC)CC1. The van der Waals surface area contributed by atoms with E-state index in [-0.39, 0.29) is 5.91 Å². The second-order valence-electron chi connectivity index (χ2n) is 3.71. The van der Waals surface area contributed by atoms with Crippen LogP contribution in [0.25, 0.3) is 0 Å². The number of piperidine rings is 1. The molecule has 0 aromatic carbocycles. The highest BCUT2D eigenvalue weighted by Gasteiger charge is 2.18. The number of hydrogen-bond donors (Lipinski definition) is 1. The van der Waals surface area contributed by atoms with Crippen molar-refractivity contribution in [2.24, 2.45) is 0 Å². The Balaban J connectivity index is 2.18. The molecule has 3 nitrogen and oxygen atoms in total. The predicted octanol–water partition coefficient (Wildman–Crippen LogP) is 0.950. The van der Waals surface area contributed by atoms with E-state index in [0.29, 0.717) is 11.8 Å². The van der Waals surface area contributed by atoms with Crippen LogP contribution in [0.15, 0.2) is 0 Å². The third-order valence-electron chi connectivity index (χ3n) is 2.68. The number of amides is 1. The molecule has 0 saturated carbocycles. The van der Waals surface area contributed by atoms with E-state index in [9.17, 15) is 4.79 Å². The maximum absolute atomic E-state index is 11.3. The Kier molecular flexibility index (Phi) is 5.33. The lowest BCUT2D eigenvalue weighted by Crippen LogP contribution is -2.45. The summed E-state index contributed by atoms with van der Waals surface area (Å²) in [7, 11) is 0. The first-order valence-corrected chi connectivity index (χ1v) is 6.66. The van der Waals surface area contributed by atoms with Gasteiger partial charge in [-0.2, -0.15) is 11.8 Å². The largest absolute Gasteiger partial charge is 0.353 e. The molecule has 0 aromatic rings. The number of carbonyl (C=O) groups excluding carboxylic acids is 1. The fraction of sp³-hybridized carbons (Fsp3) is 0.900. The molecule has 1 fully saturated rings. The molecule has 1 rings (SSSR count). The van der Waals surface area contributed by atoms with E-state index in [1.54, 1.807) is 11.8 Å². The van der Waals surface area contributed by atoms with Crippen LogP contribution in [-0.2, 0) is 4.79 Å². The van der Waals surface area contributed by atoms with Crippen molar-refractivity contribution in [3.8, 4) is 0 Å². The van der Waals surface area contributed by atoms with Gasteiger partial charge in [-0.15, -0.1) is 0 Å². The lowest BCUT2D eigenvalue weighted by molar-refractivity contribution is -0.119. The Labute approximate surface area is 90.6 Å². The minimum atomic E-state index is 0.187. The molecule has 1 aliphatic heterocycles. The summed E-state index contributed by atoms with van der Waals surface area (Å²) >= 11 is 1.58. The van der Waals surface area contributed by atoms with E-state index in [1.807, 2.05) is 6.26 Å². The molecule has 1 heterocycles. The Morgan fingerprint density at radius 1 is 1.50 bits per heavy atom. The highest BCUT2D eigenvalue weighted by molar-refractivity contribution is 7.99. The standard InChI is InChI=1S/C10H20N2OS/c1-3-12-6-4-9(5-7-12)11-10(13)8-14-2/h9H,3-8H2,1-2H3,(H,11,13). The summed E-state index contributed by atoms with van der Waals surface area (Å²) in [6, 6.07) is 0.414. The maximum atomic E-state index is 11.3. The van der Waals surface area contributed by atoms with E-state index in [2.05, 4.69) is 17.1 Å². The summed E-state index contributed by atoms with van der Waals surface area (Å²) < 4.78 is 0. The van der Waals surface area contributed by atoms with Crippen LogP contribution >= 0.6 is 11.8 Å². The zero-order valence-electron chi connectivity index (χ0n) is 9.08. The minimum absolute atomic E-state index is 0.187. The molecule has 0 aromatic heterocycles. The topological polar surface area (TPSA) is 32.3 Å². The molecule has 0 aliphatic carbocycles. The van der Waals surface area contributed by atoms with Gasteiger partial charge in [-0.25, -0.2) is 0 Å². The first kappa shape index (κ1) is 11.9. The summed E-state index contributed by atoms with van der Waals surface area (Å²) in [6.45, 7) is 5.57. The van der Waals surface area contributed by atoms with Crippen LogP contribution in [0.4, 0.5) is 0 Å². The molecule has 0 atom stereocenters. The number of thioether (sulfide) groups is 1. The van der Waals surface area contributed by atoms with Gasteiger partial charge < -0.3 is 10.2 Å². The van der Waals surface area contributed by atoms with E-state index < -0.39 is 0 Å². The second-order valence-corrected chi connectivity index (χ2v) is 4.58. The van der Waals surface area contributed by atoms with Crippen molar-refractivity contribution >= 4 is 17.7 Å². The molecular weight excluding hydrogens is 196 g/mol. The fourth-order valence-electron chi connectivity index (χ4n) is 1.79. The quantitative estimate of drug-likeness (QED) is 0.759. The number of nitrogens with one attached hydrogen (secondary N) is 1. The number of likely N-dealkylation sites (tertiary alicyclic amines) is 1. The summed E-state index contributed by atoms with van der Waals surface area (Å²) in [5.41, 5.74) is 0. The first-order valence-electron chi connectivity index (χ1n) is 5.27. The molecule has 4 heteroatoms. The van der Waals surface area contributed by atoms with Crippen LogP contribution in [0.5, 0.6) is 0 Å². The smallest absolute Gasteiger partial charge is 0.230 e. The van der Waals surface area contributed by atoms with E-state index >= 15 is 0 Å². The van der Waals surface area contributed by atoms with Crippen LogP contribution in [0.1, 0.15) is 19.8 Å². The Hall–Kier alpha value is -0.220. The molecule has 1 N–H and O–H groups in total. The predicted molar refractivity (Wildman–Crippen MR) is 61.7 cm³/mol. The molecule has 0 radical (unpaired) electrons. The van der Waals surface area contributed by atoms with Crippen LogP contribution in [0.3, 0.4) is 0 Å². The molecule has 1 amide bonds. The average Bonchev–Trinajstić information content (AvgIpc) is 2.19. The van der Waals surface area contributed by atoms with Gasteiger partial charge in [0.1, 0.15) is 0 Å². The minimum Gasteiger partial charge on any atom is -0.353 e. The normalized spacial score (nSPS) is 19.6. The van der Waals surface area contributed by atoms with Crippen molar-refractivity contribution in [3.63, 3.8) is 0 Å². The maximum Gasteiger partial charge on any atom is 0.230 e. The van der Waals surface area contributed by atoms with E-state index in [0.717, 1.165) is 32.5 Å². The monoisotopic (exact) mass is 216 g/mol. The van der Waals surface area contributed by atoms with Crippen LogP contribution < -0.4 is 5.32 Å². The van der Waals surface area contributed by atoms with Crippen molar-refractivity contribution in [1.29, 1.82) is 0 Å². The lowest BCUT2D eigenvalue weighted by Gasteiger charge is -2.31. The van der Waals surface area contributed by atoms with Gasteiger partial charge in [-0.3, -0.25) is 4.79 Å². The van der Waals surface area contributed by atoms with Gasteiger partial charge in [-0.05, 0) is 25.6 Å². The molecule has 0 unspecified atom stereocenters. The molecule has 82 valence electrons. The molecule has 14 heavy (non-hydrogen) atoms. The van der Waals surface area contributed by atoms with Crippen molar-refractivity contribution in [3.05, 3.63) is 0 Å². The summed E-state index contributed by atoms with van der Waals surface area (Å²) in [6.07, 6.45) is 4.17. The highest BCUT2D eigenvalue weighted by atomic mass is 32.2. The van der Waals surface area contributed by atoms with E-state index in [1.165, 1.54) is 0 Å². The van der Waals surface area contributed by atoms with Crippen molar-refractivity contribution in [2.75, 3.05) is 31.6 Å². The zero-order chi connectivity index (χ0) is 10.4. The molecule has 0 bridgehead atoms. The highest BCUT2D eigenvalue weighted by Crippen LogP contribution is 2.09. The van der Waals surface area contributed by atoms with E-state index in [4.69, 9.17) is 0 Å². The number of rotatable bonds is 4. The van der Waals surface area contributed by atoms with Crippen molar-refractivity contribution in [1.82, 2.24) is 10.2 Å². The van der Waals surface area contributed by atoms with Crippen molar-refractivity contribution < 1.29 is 4.79 Å². The van der Waals surface area contributed by atoms with Crippen molar-refractivity contribution in [2.45, 2.75) is 25.8 Å². The van der Waals surface area contributed by atoms with Gasteiger partial charge in [0.05, 0.1) is 5.75 Å². The summed E-state index contributed by atoms with van der Waals surface area (Å²) in [4.78, 5) is 13.7. The van der Waals surface area contributed by atoms with Gasteiger partial charge in [0.25, 0.3) is 0 Å². The van der Waals surface area contributed by atoms with Gasteiger partial charge in [0, 0.05) is 19.1 Å². The Bertz CT molecular complexity index is 179. The molecular formula is C10H20N2OS. The average molecular weight is 216 g/mol. The number of carbonyl (C=O) groups is 1. The van der Waals surface area contributed by atoms with Gasteiger partial charge in [0.15, 0.2) is 0 Å². The molecule has 1 saturated heterocycles.